The van der Waals surface area contributed by atoms with E-state index in [0.717, 1.165) is 22.4 Å². The van der Waals surface area contributed by atoms with Crippen LogP contribution in [-0.4, -0.2) is 69.9 Å². The van der Waals surface area contributed by atoms with Crippen molar-refractivity contribution < 1.29 is 23.6 Å². The molecule has 0 aromatic heterocycles. The molecule has 10 rings (SSSR count). The van der Waals surface area contributed by atoms with E-state index in [0.29, 0.717) is 24.1 Å². The first-order valence-electron chi connectivity index (χ1n) is 17.6. The van der Waals surface area contributed by atoms with Crippen molar-refractivity contribution in [3.8, 4) is 0 Å². The molecular weight excluding hydrogens is 647 g/mol. The molecule has 2 unspecified atom stereocenters. The van der Waals surface area contributed by atoms with E-state index in [1.807, 2.05) is 84.9 Å². The van der Waals surface area contributed by atoms with Crippen LogP contribution in [0.1, 0.15) is 35.1 Å². The predicted molar refractivity (Wildman–Crippen MR) is 186 cm³/mol. The highest BCUT2D eigenvalue weighted by Crippen LogP contribution is 2.69. The summed E-state index contributed by atoms with van der Waals surface area (Å²) in [7, 11) is 0. The number of para-hydroxylation sites is 1. The van der Waals surface area contributed by atoms with Gasteiger partial charge in [-0.2, -0.15) is 0 Å². The Kier molecular flexibility index (Phi) is 6.29. The molecule has 6 aliphatic heterocycles. The van der Waals surface area contributed by atoms with E-state index in [1.165, 1.54) is 12.1 Å². The molecule has 51 heavy (non-hydrogen) atoms. The molecule has 6 heterocycles. The van der Waals surface area contributed by atoms with Gasteiger partial charge in [0.1, 0.15) is 42.3 Å². The Hall–Kier alpha value is -5.71. The van der Waals surface area contributed by atoms with Gasteiger partial charge < -0.3 is 31.1 Å². The fourth-order valence-corrected chi connectivity index (χ4v) is 10.4. The van der Waals surface area contributed by atoms with Gasteiger partial charge in [-0.1, -0.05) is 78.9 Å². The van der Waals surface area contributed by atoms with Crippen LogP contribution in [-0.2, 0) is 42.8 Å². The van der Waals surface area contributed by atoms with Crippen molar-refractivity contribution in [1.29, 1.82) is 0 Å². The minimum Gasteiger partial charge on any atom is -0.364 e. The van der Waals surface area contributed by atoms with E-state index in [1.54, 1.807) is 15.9 Å². The van der Waals surface area contributed by atoms with Crippen molar-refractivity contribution in [1.82, 2.24) is 20.4 Å². The SMILES string of the molecule is O=C1N[C@@H](Cc2ccccc2)C(=O)N2[C@H]3Nc4ccccc4C3(C34C[C@H]5C(=O)N[C@@H](Cc6ccccc6)C(=O)N5[C@H]3Nc3ccc(F)cc34)C[C@@H]12. The Morgan fingerprint density at radius 1 is 0.569 bits per heavy atom. The van der Waals surface area contributed by atoms with Gasteiger partial charge in [-0.25, -0.2) is 4.39 Å². The standard InChI is InChI=1S/C40H35FN6O4/c41-24-15-16-28-26(19-24)40(21-32-34(49)43-30(18-23-11-5-2-6-12-23)36(51)47(32)38(40)45-28)39-20-31-33(48)42-29(17-22-9-3-1-4-10-22)35(50)46(31)37(39)44-27-14-8-7-13-25(27)39/h1-16,19,29-32,37-38,44-45H,17-18,20-21H2,(H,42,48)(H,43,49)/t29-,30-,31-,32-,37+,38+,39?,40?/m0/s1. The number of piperazine rings is 2. The van der Waals surface area contributed by atoms with Crippen LogP contribution >= 0.6 is 0 Å². The molecule has 4 N–H and O–H groups in total. The number of fused-ring (bicyclic) bond motifs is 11. The second kappa shape index (κ2) is 10.6. The van der Waals surface area contributed by atoms with Crippen LogP contribution in [0.4, 0.5) is 15.8 Å². The summed E-state index contributed by atoms with van der Waals surface area (Å²) < 4.78 is 15.5. The van der Waals surface area contributed by atoms with E-state index in [9.17, 15) is 19.2 Å². The van der Waals surface area contributed by atoms with Crippen LogP contribution in [0.5, 0.6) is 0 Å². The molecule has 4 aromatic carbocycles. The summed E-state index contributed by atoms with van der Waals surface area (Å²) in [6.45, 7) is 0. The lowest BCUT2D eigenvalue weighted by atomic mass is 9.54. The Morgan fingerprint density at radius 3 is 1.59 bits per heavy atom. The van der Waals surface area contributed by atoms with Gasteiger partial charge in [0.2, 0.25) is 23.6 Å². The third-order valence-electron chi connectivity index (χ3n) is 12.4. The molecule has 0 saturated carbocycles. The summed E-state index contributed by atoms with van der Waals surface area (Å²) in [5, 5.41) is 13.3. The Balaban J connectivity index is 1.14. The molecule has 4 fully saturated rings. The first kappa shape index (κ1) is 30.1. The Labute approximate surface area is 293 Å². The molecule has 8 atom stereocenters. The van der Waals surface area contributed by atoms with Gasteiger partial charge in [-0.3, -0.25) is 19.2 Å². The average molecular weight is 683 g/mol. The molecule has 6 aliphatic rings. The number of anilines is 2. The number of hydrogen-bond acceptors (Lipinski definition) is 6. The van der Waals surface area contributed by atoms with Crippen molar-refractivity contribution in [3.05, 3.63) is 131 Å². The average Bonchev–Trinajstić information content (AvgIpc) is 3.85. The van der Waals surface area contributed by atoms with Crippen LogP contribution in [0.3, 0.4) is 0 Å². The van der Waals surface area contributed by atoms with Crippen molar-refractivity contribution in [2.24, 2.45) is 0 Å². The fraction of sp³-hybridized carbons (Fsp3) is 0.300. The minimum absolute atomic E-state index is 0.174. The molecule has 0 bridgehead atoms. The van der Waals surface area contributed by atoms with E-state index < -0.39 is 53.1 Å². The number of amides is 4. The molecule has 0 spiro atoms. The maximum absolute atomic E-state index is 15.5. The first-order valence-corrected chi connectivity index (χ1v) is 17.6. The van der Waals surface area contributed by atoms with Gasteiger partial charge in [0.15, 0.2) is 0 Å². The second-order valence-corrected chi connectivity index (χ2v) is 14.7. The van der Waals surface area contributed by atoms with Gasteiger partial charge in [0.25, 0.3) is 0 Å². The van der Waals surface area contributed by atoms with E-state index >= 15 is 4.39 Å². The number of carbonyl (C=O) groups is 4. The summed E-state index contributed by atoms with van der Waals surface area (Å²) in [5.74, 6) is -1.41. The van der Waals surface area contributed by atoms with Crippen molar-refractivity contribution in [2.75, 3.05) is 10.6 Å². The van der Waals surface area contributed by atoms with Crippen molar-refractivity contribution in [3.63, 3.8) is 0 Å². The number of nitrogens with zero attached hydrogens (tertiary/aromatic N) is 2. The molecular formula is C40H35FN6O4. The molecule has 10 nitrogen and oxygen atoms in total. The zero-order chi connectivity index (χ0) is 34.6. The van der Waals surface area contributed by atoms with Gasteiger partial charge in [-0.15, -0.1) is 0 Å². The van der Waals surface area contributed by atoms with Crippen LogP contribution in [0.2, 0.25) is 0 Å². The minimum atomic E-state index is -1.11. The predicted octanol–water partition coefficient (Wildman–Crippen LogP) is 3.19. The lowest BCUT2D eigenvalue weighted by molar-refractivity contribution is -0.149. The second-order valence-electron chi connectivity index (χ2n) is 14.7. The smallest absolute Gasteiger partial charge is 0.247 e. The van der Waals surface area contributed by atoms with E-state index in [2.05, 4.69) is 21.3 Å². The number of carbonyl (C=O) groups excluding carboxylic acids is 4. The maximum Gasteiger partial charge on any atom is 0.247 e. The summed E-state index contributed by atoms with van der Waals surface area (Å²) in [4.78, 5) is 60.9. The third-order valence-corrected chi connectivity index (χ3v) is 12.4. The van der Waals surface area contributed by atoms with Crippen LogP contribution in [0.25, 0.3) is 0 Å². The van der Waals surface area contributed by atoms with Crippen molar-refractivity contribution in [2.45, 2.75) is 73.0 Å². The zero-order valence-corrected chi connectivity index (χ0v) is 27.5. The topological polar surface area (TPSA) is 123 Å². The van der Waals surface area contributed by atoms with Gasteiger partial charge in [0, 0.05) is 24.2 Å². The van der Waals surface area contributed by atoms with E-state index in [-0.39, 0.29) is 36.5 Å². The van der Waals surface area contributed by atoms with Crippen LogP contribution < -0.4 is 21.3 Å². The molecule has 4 amide bonds. The fourth-order valence-electron chi connectivity index (χ4n) is 10.4. The Morgan fingerprint density at radius 2 is 1.04 bits per heavy atom. The Bertz CT molecular complexity index is 2150. The van der Waals surface area contributed by atoms with Gasteiger partial charge in [-0.05, 0) is 59.4 Å². The van der Waals surface area contributed by atoms with Gasteiger partial charge >= 0.3 is 0 Å². The number of halogens is 1. The summed E-state index contributed by atoms with van der Waals surface area (Å²) in [5.41, 5.74) is 2.68. The highest BCUT2D eigenvalue weighted by molar-refractivity contribution is 6.01. The maximum atomic E-state index is 15.5. The summed E-state index contributed by atoms with van der Waals surface area (Å²) >= 11 is 0. The van der Waals surface area contributed by atoms with Crippen molar-refractivity contribution >= 4 is 35.0 Å². The molecule has 4 aromatic rings. The van der Waals surface area contributed by atoms with Crippen LogP contribution in [0.15, 0.2) is 103 Å². The van der Waals surface area contributed by atoms with Gasteiger partial charge in [0.05, 0.1) is 10.8 Å². The summed E-state index contributed by atoms with van der Waals surface area (Å²) in [6, 6.07) is 28.3. The van der Waals surface area contributed by atoms with E-state index in [4.69, 9.17) is 0 Å². The molecule has 0 radical (unpaired) electrons. The number of nitrogens with one attached hydrogen (secondary N) is 4. The lowest BCUT2D eigenvalue weighted by Crippen LogP contribution is -2.67. The quantitative estimate of drug-likeness (QED) is 0.257. The zero-order valence-electron chi connectivity index (χ0n) is 27.5. The summed E-state index contributed by atoms with van der Waals surface area (Å²) in [6.07, 6.45) is -0.428. The van der Waals surface area contributed by atoms with Crippen LogP contribution in [0, 0.1) is 5.82 Å². The number of rotatable bonds is 5. The molecule has 256 valence electrons. The lowest BCUT2D eigenvalue weighted by Gasteiger charge is -2.48. The molecule has 0 aliphatic carbocycles. The largest absolute Gasteiger partial charge is 0.364 e. The first-order chi connectivity index (χ1) is 24.8. The number of benzene rings is 4. The normalized spacial score (nSPS) is 32.5. The monoisotopic (exact) mass is 682 g/mol. The number of hydrogen-bond donors (Lipinski definition) is 4. The molecule has 4 saturated heterocycles. The highest BCUT2D eigenvalue weighted by Gasteiger charge is 2.78. The third kappa shape index (κ3) is 3.97. The highest BCUT2D eigenvalue weighted by atomic mass is 19.1. The molecule has 11 heteroatoms.